The lowest BCUT2D eigenvalue weighted by Gasteiger charge is -2.43. The van der Waals surface area contributed by atoms with Gasteiger partial charge in [0.2, 0.25) is 0 Å². The average Bonchev–Trinajstić information content (AvgIpc) is 2.74. The summed E-state index contributed by atoms with van der Waals surface area (Å²) in [6.07, 6.45) is -13.7. The number of aliphatic hydroxyl groups is 4. The van der Waals surface area contributed by atoms with Crippen molar-refractivity contribution in [2.75, 3.05) is 13.2 Å². The Hall–Kier alpha value is -1.00. The fraction of sp³-hybridized carbons (Fsp3) is 0.882. The zero-order valence-corrected chi connectivity index (χ0v) is 20.8. The second kappa shape index (κ2) is 14.1. The van der Waals surface area contributed by atoms with Gasteiger partial charge in [0, 0.05) is 12.8 Å². The van der Waals surface area contributed by atoms with Crippen LogP contribution in [0.15, 0.2) is 0 Å². The number of esters is 2. The predicted octanol–water partition coefficient (Wildman–Crippen LogP) is -1.52. The highest BCUT2D eigenvalue weighted by molar-refractivity contribution is 7.47. The van der Waals surface area contributed by atoms with Crippen LogP contribution in [0.2, 0.25) is 0 Å². The SMILES string of the molecule is CCCC(=O)OC[C@@H](COP(=O)(O)O[C@@H]1[C@H](O)[C@H](OP(=O)(O)O)[C@@H](O)[C@H](O)[C@H]1O)OC(=O)CCC. The molecule has 1 fully saturated rings. The van der Waals surface area contributed by atoms with E-state index >= 15 is 0 Å². The smallest absolute Gasteiger partial charge is 0.462 e. The van der Waals surface area contributed by atoms with Crippen LogP contribution in [0, 0.1) is 0 Å². The highest BCUT2D eigenvalue weighted by atomic mass is 31.2. The van der Waals surface area contributed by atoms with Crippen molar-refractivity contribution in [2.24, 2.45) is 0 Å². The van der Waals surface area contributed by atoms with E-state index in [-0.39, 0.29) is 12.8 Å². The van der Waals surface area contributed by atoms with E-state index in [4.69, 9.17) is 23.8 Å². The van der Waals surface area contributed by atoms with Gasteiger partial charge in [0.1, 0.15) is 43.2 Å². The molecule has 1 saturated carbocycles. The van der Waals surface area contributed by atoms with Crippen LogP contribution >= 0.6 is 15.6 Å². The maximum absolute atomic E-state index is 12.4. The Kier molecular flexibility index (Phi) is 12.9. The van der Waals surface area contributed by atoms with Crippen molar-refractivity contribution < 1.29 is 76.9 Å². The van der Waals surface area contributed by atoms with Gasteiger partial charge in [0.15, 0.2) is 6.10 Å². The number of carbonyl (C=O) groups is 2. The summed E-state index contributed by atoms with van der Waals surface area (Å²) in [5, 5.41) is 40.0. The molecular formula is C17H32O16P2. The second-order valence-electron chi connectivity index (χ2n) is 7.65. The van der Waals surface area contributed by atoms with Crippen LogP contribution in [0.1, 0.15) is 39.5 Å². The molecule has 0 bridgehead atoms. The van der Waals surface area contributed by atoms with Crippen LogP contribution < -0.4 is 0 Å². The van der Waals surface area contributed by atoms with Gasteiger partial charge in [-0.15, -0.1) is 0 Å². The van der Waals surface area contributed by atoms with Gasteiger partial charge in [0.25, 0.3) is 0 Å². The largest absolute Gasteiger partial charge is 0.472 e. The van der Waals surface area contributed by atoms with E-state index in [9.17, 15) is 44.0 Å². The van der Waals surface area contributed by atoms with E-state index < -0.39 is 83.5 Å². The molecule has 16 nitrogen and oxygen atoms in total. The van der Waals surface area contributed by atoms with E-state index in [1.54, 1.807) is 13.8 Å². The molecule has 206 valence electrons. The zero-order chi connectivity index (χ0) is 27.0. The first kappa shape index (κ1) is 32.0. The fourth-order valence-corrected chi connectivity index (χ4v) is 4.52. The number of hydrogen-bond acceptors (Lipinski definition) is 13. The lowest BCUT2D eigenvalue weighted by molar-refractivity contribution is -0.216. The van der Waals surface area contributed by atoms with Crippen LogP contribution in [0.25, 0.3) is 0 Å². The molecule has 1 aliphatic carbocycles. The molecule has 18 heteroatoms. The Morgan fingerprint density at radius 3 is 1.80 bits per heavy atom. The molecule has 1 aliphatic rings. The van der Waals surface area contributed by atoms with E-state index in [2.05, 4.69) is 9.05 Å². The van der Waals surface area contributed by atoms with Gasteiger partial charge in [-0.2, -0.15) is 0 Å². The molecule has 0 aromatic heterocycles. The van der Waals surface area contributed by atoms with Gasteiger partial charge in [-0.05, 0) is 12.8 Å². The number of aliphatic hydroxyl groups excluding tert-OH is 4. The Bertz CT molecular complexity index is 786. The van der Waals surface area contributed by atoms with Crippen LogP contribution in [-0.4, -0.2) is 103 Å². The first-order chi connectivity index (χ1) is 16.1. The third-order valence-corrected chi connectivity index (χ3v) is 6.12. The van der Waals surface area contributed by atoms with Gasteiger partial charge in [-0.1, -0.05) is 13.8 Å². The van der Waals surface area contributed by atoms with Crippen molar-refractivity contribution >= 4 is 27.6 Å². The average molecular weight is 554 g/mol. The Labute approximate surface area is 200 Å². The fourth-order valence-electron chi connectivity index (χ4n) is 2.98. The number of hydrogen-bond donors (Lipinski definition) is 7. The van der Waals surface area contributed by atoms with Gasteiger partial charge >= 0.3 is 27.6 Å². The molecule has 8 atom stereocenters. The highest BCUT2D eigenvalue weighted by Gasteiger charge is 2.54. The lowest BCUT2D eigenvalue weighted by atomic mass is 9.85. The maximum Gasteiger partial charge on any atom is 0.472 e. The molecule has 0 spiro atoms. The molecule has 0 saturated heterocycles. The van der Waals surface area contributed by atoms with Gasteiger partial charge in [-0.3, -0.25) is 23.2 Å². The third-order valence-electron chi connectivity index (χ3n) is 4.62. The summed E-state index contributed by atoms with van der Waals surface area (Å²) < 4.78 is 47.1. The molecule has 35 heavy (non-hydrogen) atoms. The minimum atomic E-state index is -5.32. The molecule has 0 amide bonds. The molecule has 1 rings (SSSR count). The first-order valence-corrected chi connectivity index (χ1v) is 13.6. The number of phosphoric acid groups is 2. The van der Waals surface area contributed by atoms with E-state index in [1.165, 1.54) is 0 Å². The maximum atomic E-state index is 12.4. The summed E-state index contributed by atoms with van der Waals surface area (Å²) in [6, 6.07) is 0. The van der Waals surface area contributed by atoms with Crippen LogP contribution in [0.4, 0.5) is 0 Å². The summed E-state index contributed by atoms with van der Waals surface area (Å²) in [7, 11) is -10.5. The molecular weight excluding hydrogens is 522 g/mol. The number of ether oxygens (including phenoxy) is 2. The molecule has 0 radical (unpaired) electrons. The Balaban J connectivity index is 2.90. The standard InChI is InChI=1S/C17H32O16P2/c1-3-5-10(18)29-7-9(31-11(19)6-4-2)8-30-35(27,28)33-17-14(22)12(20)13(21)16(15(17)23)32-34(24,25)26/h9,12-17,20-23H,3-8H2,1-2H3,(H,27,28)(H2,24,25,26)/t9-,12-,13-,14+,15+,16+,17-/m0/s1. The van der Waals surface area contributed by atoms with E-state index in [0.29, 0.717) is 12.8 Å². The number of carbonyl (C=O) groups excluding carboxylic acids is 2. The molecule has 0 aliphatic heterocycles. The van der Waals surface area contributed by atoms with Crippen LogP contribution in [-0.2, 0) is 41.8 Å². The van der Waals surface area contributed by atoms with E-state index in [0.717, 1.165) is 0 Å². The summed E-state index contributed by atoms with van der Waals surface area (Å²) >= 11 is 0. The van der Waals surface area contributed by atoms with Crippen molar-refractivity contribution in [3.63, 3.8) is 0 Å². The predicted molar refractivity (Wildman–Crippen MR) is 112 cm³/mol. The monoisotopic (exact) mass is 554 g/mol. The van der Waals surface area contributed by atoms with Gasteiger partial charge < -0.3 is 44.6 Å². The van der Waals surface area contributed by atoms with Crippen molar-refractivity contribution in [3.05, 3.63) is 0 Å². The highest BCUT2D eigenvalue weighted by Crippen LogP contribution is 2.48. The summed E-state index contributed by atoms with van der Waals surface area (Å²) in [5.41, 5.74) is 0. The minimum absolute atomic E-state index is 0.00563. The molecule has 7 N–H and O–H groups in total. The van der Waals surface area contributed by atoms with Gasteiger partial charge in [0.05, 0.1) is 6.61 Å². The lowest BCUT2D eigenvalue weighted by Crippen LogP contribution is -2.64. The zero-order valence-electron chi connectivity index (χ0n) is 19.0. The van der Waals surface area contributed by atoms with Crippen LogP contribution in [0.5, 0.6) is 0 Å². The Morgan fingerprint density at radius 1 is 0.771 bits per heavy atom. The number of rotatable bonds is 14. The summed E-state index contributed by atoms with van der Waals surface area (Å²) in [5.74, 6) is -1.33. The minimum Gasteiger partial charge on any atom is -0.462 e. The number of phosphoric ester groups is 2. The summed E-state index contributed by atoms with van der Waals surface area (Å²) in [6.45, 7) is 2.06. The molecule has 0 heterocycles. The first-order valence-electron chi connectivity index (χ1n) is 10.6. The van der Waals surface area contributed by atoms with Crippen molar-refractivity contribution in [2.45, 2.75) is 82.3 Å². The van der Waals surface area contributed by atoms with Crippen molar-refractivity contribution in [3.8, 4) is 0 Å². The summed E-state index contributed by atoms with van der Waals surface area (Å²) in [4.78, 5) is 51.3. The normalized spacial score (nSPS) is 29.7. The Morgan fingerprint density at radius 2 is 1.29 bits per heavy atom. The van der Waals surface area contributed by atoms with Gasteiger partial charge in [-0.25, -0.2) is 9.13 Å². The van der Waals surface area contributed by atoms with Crippen molar-refractivity contribution in [1.82, 2.24) is 0 Å². The molecule has 0 aromatic carbocycles. The molecule has 1 unspecified atom stereocenters. The second-order valence-corrected chi connectivity index (χ2v) is 10.3. The third kappa shape index (κ3) is 10.9. The van der Waals surface area contributed by atoms with Crippen LogP contribution in [0.3, 0.4) is 0 Å². The van der Waals surface area contributed by atoms with Crippen molar-refractivity contribution in [1.29, 1.82) is 0 Å². The quantitative estimate of drug-likeness (QED) is 0.0950. The van der Waals surface area contributed by atoms with E-state index in [1.807, 2.05) is 0 Å². The molecule has 0 aromatic rings. The topological polar surface area (TPSA) is 256 Å².